The van der Waals surface area contributed by atoms with Crippen LogP contribution in [0.2, 0.25) is 10.0 Å². The van der Waals surface area contributed by atoms with Gasteiger partial charge in [0, 0.05) is 22.6 Å². The summed E-state index contributed by atoms with van der Waals surface area (Å²) >= 11 is 12.4. The number of sulfonamides is 1. The van der Waals surface area contributed by atoms with Crippen molar-refractivity contribution in [3.05, 3.63) is 88.4 Å². The van der Waals surface area contributed by atoms with E-state index in [2.05, 4.69) is 5.32 Å². The molecule has 1 fully saturated rings. The molecule has 1 atom stereocenters. The van der Waals surface area contributed by atoms with Crippen LogP contribution in [0, 0.1) is 0 Å². The van der Waals surface area contributed by atoms with Crippen LogP contribution in [0.4, 0.5) is 5.69 Å². The second kappa shape index (κ2) is 13.6. The minimum Gasteiger partial charge on any atom is -0.497 e. The van der Waals surface area contributed by atoms with Crippen LogP contribution in [0.5, 0.6) is 5.75 Å². The van der Waals surface area contributed by atoms with E-state index in [0.717, 1.165) is 30.0 Å². The highest BCUT2D eigenvalue weighted by molar-refractivity contribution is 7.92. The van der Waals surface area contributed by atoms with Crippen LogP contribution >= 0.6 is 23.2 Å². The number of methoxy groups -OCH3 is 1. The van der Waals surface area contributed by atoms with Crippen molar-refractivity contribution in [1.29, 1.82) is 0 Å². The van der Waals surface area contributed by atoms with Crippen LogP contribution in [0.15, 0.2) is 77.7 Å². The van der Waals surface area contributed by atoms with Gasteiger partial charge in [-0.25, -0.2) is 8.42 Å². The van der Waals surface area contributed by atoms with Crippen LogP contribution in [-0.4, -0.2) is 50.9 Å². The first kappa shape index (κ1) is 30.7. The monoisotopic (exact) mass is 617 g/mol. The van der Waals surface area contributed by atoms with Gasteiger partial charge < -0.3 is 15.0 Å². The molecule has 0 bridgehead atoms. The number of halogens is 2. The summed E-state index contributed by atoms with van der Waals surface area (Å²) in [6.45, 7) is 1.15. The molecule has 0 aliphatic heterocycles. The zero-order valence-electron chi connectivity index (χ0n) is 22.9. The molecule has 0 radical (unpaired) electrons. The molecule has 3 aromatic rings. The fourth-order valence-electron chi connectivity index (χ4n) is 4.84. The molecule has 0 spiro atoms. The molecular weight excluding hydrogens is 585 g/mol. The summed E-state index contributed by atoms with van der Waals surface area (Å²) in [5.74, 6) is -0.361. The molecule has 8 nitrogen and oxygen atoms in total. The highest BCUT2D eigenvalue weighted by Crippen LogP contribution is 2.28. The van der Waals surface area contributed by atoms with E-state index in [1.165, 1.54) is 42.3 Å². The number of rotatable bonds is 11. The normalized spacial score (nSPS) is 14.3. The maximum Gasteiger partial charge on any atom is 0.264 e. The smallest absolute Gasteiger partial charge is 0.264 e. The van der Waals surface area contributed by atoms with Crippen molar-refractivity contribution >= 4 is 50.7 Å². The van der Waals surface area contributed by atoms with Gasteiger partial charge in [-0.3, -0.25) is 13.9 Å². The van der Waals surface area contributed by atoms with E-state index in [9.17, 15) is 18.0 Å². The molecule has 41 heavy (non-hydrogen) atoms. The van der Waals surface area contributed by atoms with Crippen LogP contribution in [0.3, 0.4) is 0 Å². The van der Waals surface area contributed by atoms with Crippen molar-refractivity contribution in [3.8, 4) is 5.75 Å². The van der Waals surface area contributed by atoms with Crippen molar-refractivity contribution in [2.75, 3.05) is 18.0 Å². The maximum atomic E-state index is 14.0. The van der Waals surface area contributed by atoms with Crippen LogP contribution < -0.4 is 14.4 Å². The van der Waals surface area contributed by atoms with Gasteiger partial charge in [-0.05, 0) is 79.9 Å². The summed E-state index contributed by atoms with van der Waals surface area (Å²) in [5.41, 5.74) is 0.922. The Balaban J connectivity index is 1.69. The molecule has 1 aliphatic carbocycles. The number of amides is 2. The number of carbonyl (C=O) groups is 2. The fourth-order valence-corrected chi connectivity index (χ4v) is 6.64. The standard InChI is InChI=1S/C30H33Cl2N3O5S/c1-21(30(37)33-25-10-3-4-11-25)34(19-22-7-5-8-23(31)17-22)29(36)20-35(26-12-6-9-24(32)18-26)41(38,39)28-15-13-27(40-2)14-16-28/h5-9,12-18,21,25H,3-4,10-11,19-20H2,1-2H3,(H,33,37). The van der Waals surface area contributed by atoms with Gasteiger partial charge in [0.25, 0.3) is 10.0 Å². The summed E-state index contributed by atoms with van der Waals surface area (Å²) in [6, 6.07) is 18.4. The van der Waals surface area contributed by atoms with Crippen molar-refractivity contribution in [2.24, 2.45) is 0 Å². The third-order valence-electron chi connectivity index (χ3n) is 7.13. The van der Waals surface area contributed by atoms with Gasteiger partial charge in [-0.15, -0.1) is 0 Å². The second-order valence-corrected chi connectivity index (χ2v) is 12.7. The Morgan fingerprint density at radius 1 is 0.976 bits per heavy atom. The number of nitrogens with one attached hydrogen (secondary N) is 1. The Hall–Kier alpha value is -3.27. The number of benzene rings is 3. The Morgan fingerprint density at radius 3 is 2.22 bits per heavy atom. The molecule has 1 unspecified atom stereocenters. The number of hydrogen-bond donors (Lipinski definition) is 1. The van der Waals surface area contributed by atoms with Crippen LogP contribution in [0.25, 0.3) is 0 Å². The predicted octanol–water partition coefficient (Wildman–Crippen LogP) is 5.67. The van der Waals surface area contributed by atoms with Gasteiger partial charge >= 0.3 is 0 Å². The zero-order valence-corrected chi connectivity index (χ0v) is 25.3. The maximum absolute atomic E-state index is 14.0. The summed E-state index contributed by atoms with van der Waals surface area (Å²) in [6.07, 6.45) is 3.87. The van der Waals surface area contributed by atoms with E-state index in [4.69, 9.17) is 27.9 Å². The molecule has 1 saturated carbocycles. The lowest BCUT2D eigenvalue weighted by atomic mass is 10.1. The minimum absolute atomic E-state index is 0.0282. The van der Waals surface area contributed by atoms with E-state index >= 15 is 0 Å². The molecular formula is C30H33Cl2N3O5S. The third kappa shape index (κ3) is 7.72. The summed E-state index contributed by atoms with van der Waals surface area (Å²) < 4.78 is 34.0. The van der Waals surface area contributed by atoms with Crippen molar-refractivity contribution < 1.29 is 22.7 Å². The Kier molecular flexibility index (Phi) is 10.2. The lowest BCUT2D eigenvalue weighted by molar-refractivity contribution is -0.139. The molecule has 3 aromatic carbocycles. The summed E-state index contributed by atoms with van der Waals surface area (Å²) in [5, 5.41) is 3.85. The van der Waals surface area contributed by atoms with Gasteiger partial charge in [-0.1, -0.05) is 54.2 Å². The lowest BCUT2D eigenvalue weighted by Gasteiger charge is -2.32. The molecule has 1 aliphatic rings. The zero-order chi connectivity index (χ0) is 29.6. The highest BCUT2D eigenvalue weighted by atomic mass is 35.5. The molecule has 11 heteroatoms. The minimum atomic E-state index is -4.22. The van der Waals surface area contributed by atoms with Crippen molar-refractivity contribution in [3.63, 3.8) is 0 Å². The van der Waals surface area contributed by atoms with Gasteiger partial charge in [0.1, 0.15) is 18.3 Å². The van der Waals surface area contributed by atoms with Crippen molar-refractivity contribution in [1.82, 2.24) is 10.2 Å². The first-order valence-electron chi connectivity index (χ1n) is 13.3. The number of ether oxygens (including phenoxy) is 1. The third-order valence-corrected chi connectivity index (χ3v) is 9.39. The largest absolute Gasteiger partial charge is 0.497 e. The first-order chi connectivity index (χ1) is 19.6. The van der Waals surface area contributed by atoms with Crippen LogP contribution in [-0.2, 0) is 26.2 Å². The number of hydrogen-bond acceptors (Lipinski definition) is 5. The average Bonchev–Trinajstić information content (AvgIpc) is 3.47. The molecule has 0 heterocycles. The van der Waals surface area contributed by atoms with E-state index in [-0.39, 0.29) is 29.1 Å². The quantitative estimate of drug-likeness (QED) is 0.299. The lowest BCUT2D eigenvalue weighted by Crippen LogP contribution is -2.52. The Bertz CT molecular complexity index is 1480. The number of anilines is 1. The Morgan fingerprint density at radius 2 is 1.61 bits per heavy atom. The molecule has 4 rings (SSSR count). The average molecular weight is 619 g/mol. The molecule has 0 saturated heterocycles. The van der Waals surface area contributed by atoms with E-state index in [1.807, 2.05) is 0 Å². The SMILES string of the molecule is COc1ccc(S(=O)(=O)N(CC(=O)N(Cc2cccc(Cl)c2)C(C)C(=O)NC2CCCC2)c2cccc(Cl)c2)cc1. The summed E-state index contributed by atoms with van der Waals surface area (Å²) in [7, 11) is -2.73. The molecule has 2 amide bonds. The highest BCUT2D eigenvalue weighted by Gasteiger charge is 2.33. The summed E-state index contributed by atoms with van der Waals surface area (Å²) in [4.78, 5) is 28.7. The van der Waals surface area contributed by atoms with E-state index < -0.39 is 28.5 Å². The Labute approximate surface area is 251 Å². The first-order valence-corrected chi connectivity index (χ1v) is 15.5. The van der Waals surface area contributed by atoms with Crippen molar-refractivity contribution in [2.45, 2.75) is 56.1 Å². The second-order valence-electron chi connectivity index (χ2n) is 9.98. The fraction of sp³-hybridized carbons (Fsp3) is 0.333. The molecule has 218 valence electrons. The number of carbonyl (C=O) groups excluding carboxylic acids is 2. The van der Waals surface area contributed by atoms with Gasteiger partial charge in [0.15, 0.2) is 0 Å². The van der Waals surface area contributed by atoms with E-state index in [0.29, 0.717) is 21.4 Å². The molecule has 1 N–H and O–H groups in total. The number of nitrogens with zero attached hydrogens (tertiary/aromatic N) is 2. The van der Waals surface area contributed by atoms with Gasteiger partial charge in [0.2, 0.25) is 11.8 Å². The van der Waals surface area contributed by atoms with E-state index in [1.54, 1.807) is 49.4 Å². The van der Waals surface area contributed by atoms with Gasteiger partial charge in [0.05, 0.1) is 17.7 Å². The van der Waals surface area contributed by atoms with Gasteiger partial charge in [-0.2, -0.15) is 0 Å². The molecule has 0 aromatic heterocycles. The van der Waals surface area contributed by atoms with Crippen LogP contribution in [0.1, 0.15) is 38.2 Å². The topological polar surface area (TPSA) is 96.0 Å². The predicted molar refractivity (Wildman–Crippen MR) is 161 cm³/mol.